The van der Waals surface area contributed by atoms with Gasteiger partial charge < -0.3 is 0 Å². The first-order chi connectivity index (χ1) is 7.18. The number of hydrogen-bond acceptors (Lipinski definition) is 0. The van der Waals surface area contributed by atoms with Crippen molar-refractivity contribution < 1.29 is 0 Å². The van der Waals surface area contributed by atoms with Crippen LogP contribution in [0, 0.1) is 6.07 Å². The highest BCUT2D eigenvalue weighted by molar-refractivity contribution is 6.43. The van der Waals surface area contributed by atoms with E-state index >= 15 is 0 Å². The molecule has 0 N–H and O–H groups in total. The van der Waals surface area contributed by atoms with Gasteiger partial charge in [-0.25, -0.2) is 0 Å². The minimum atomic E-state index is 0.495. The van der Waals surface area contributed by atoms with Gasteiger partial charge in [0.05, 0.1) is 10.0 Å². The lowest BCUT2D eigenvalue weighted by atomic mass is 10.1. The van der Waals surface area contributed by atoms with Gasteiger partial charge >= 0.3 is 0 Å². The minimum Gasteiger partial charge on any atom is -0.0843 e. The van der Waals surface area contributed by atoms with Gasteiger partial charge in [-0.3, -0.25) is 0 Å². The summed E-state index contributed by atoms with van der Waals surface area (Å²) in [5.74, 6) is 0. The standard InChI is InChI=1S/C12H6Cl3/c13-9-4-1-3-8(7-9)10-5-2-6-11(14)12(10)15/h1,3-7H. The van der Waals surface area contributed by atoms with E-state index in [9.17, 15) is 0 Å². The molecule has 0 atom stereocenters. The van der Waals surface area contributed by atoms with Crippen LogP contribution in [0.1, 0.15) is 0 Å². The molecule has 0 aliphatic carbocycles. The molecule has 0 saturated heterocycles. The lowest BCUT2D eigenvalue weighted by molar-refractivity contribution is 1.61. The molecule has 75 valence electrons. The Labute approximate surface area is 103 Å². The van der Waals surface area contributed by atoms with Gasteiger partial charge in [0.15, 0.2) is 0 Å². The van der Waals surface area contributed by atoms with Gasteiger partial charge in [0.2, 0.25) is 0 Å². The molecule has 0 bridgehead atoms. The summed E-state index contributed by atoms with van der Waals surface area (Å²) in [5.41, 5.74) is 1.78. The second-order valence-electron chi connectivity index (χ2n) is 3.04. The zero-order valence-corrected chi connectivity index (χ0v) is 9.87. The molecule has 1 radical (unpaired) electrons. The van der Waals surface area contributed by atoms with Gasteiger partial charge in [-0.15, -0.1) is 0 Å². The third-order valence-electron chi connectivity index (χ3n) is 2.02. The fourth-order valence-corrected chi connectivity index (χ4v) is 1.89. The Bertz CT molecular complexity index is 492. The predicted octanol–water partition coefficient (Wildman–Crippen LogP) is 5.11. The van der Waals surface area contributed by atoms with Crippen LogP contribution < -0.4 is 0 Å². The summed E-state index contributed by atoms with van der Waals surface area (Å²) in [6.45, 7) is 0. The molecule has 0 saturated carbocycles. The van der Waals surface area contributed by atoms with Gasteiger partial charge in [-0.1, -0.05) is 46.9 Å². The van der Waals surface area contributed by atoms with E-state index in [1.165, 1.54) is 0 Å². The molecule has 15 heavy (non-hydrogen) atoms. The average molecular weight is 257 g/mol. The molecule has 0 spiro atoms. The van der Waals surface area contributed by atoms with Gasteiger partial charge in [-0.2, -0.15) is 0 Å². The van der Waals surface area contributed by atoms with E-state index in [1.807, 2.05) is 24.3 Å². The van der Waals surface area contributed by atoms with Crippen molar-refractivity contribution >= 4 is 34.8 Å². The van der Waals surface area contributed by atoms with Gasteiger partial charge in [0.1, 0.15) is 0 Å². The summed E-state index contributed by atoms with van der Waals surface area (Å²) in [7, 11) is 0. The smallest absolute Gasteiger partial charge is 0.0671 e. The van der Waals surface area contributed by atoms with Crippen LogP contribution >= 0.6 is 34.8 Å². The molecule has 3 heteroatoms. The molecule has 2 aromatic carbocycles. The largest absolute Gasteiger partial charge is 0.0843 e. The number of rotatable bonds is 1. The maximum Gasteiger partial charge on any atom is 0.0671 e. The molecule has 0 unspecified atom stereocenters. The van der Waals surface area contributed by atoms with Crippen molar-refractivity contribution in [3.8, 4) is 11.1 Å². The Morgan fingerprint density at radius 3 is 2.53 bits per heavy atom. The summed E-state index contributed by atoms with van der Waals surface area (Å²) >= 11 is 17.9. The molecular formula is C12H6Cl3. The van der Waals surface area contributed by atoms with Crippen LogP contribution in [-0.2, 0) is 0 Å². The third kappa shape index (κ3) is 2.28. The lowest BCUT2D eigenvalue weighted by Gasteiger charge is -2.05. The zero-order valence-electron chi connectivity index (χ0n) is 7.60. The molecule has 0 fully saturated rings. The third-order valence-corrected chi connectivity index (χ3v) is 3.06. The van der Waals surface area contributed by atoms with Crippen LogP contribution in [0.5, 0.6) is 0 Å². The van der Waals surface area contributed by atoms with Crippen molar-refractivity contribution in [1.29, 1.82) is 0 Å². The fourth-order valence-electron chi connectivity index (χ4n) is 1.32. The second kappa shape index (κ2) is 4.44. The van der Waals surface area contributed by atoms with E-state index in [0.717, 1.165) is 11.1 Å². The highest BCUT2D eigenvalue weighted by Gasteiger charge is 2.06. The van der Waals surface area contributed by atoms with E-state index in [0.29, 0.717) is 15.1 Å². The highest BCUT2D eigenvalue weighted by Crippen LogP contribution is 2.33. The Morgan fingerprint density at radius 1 is 1.00 bits per heavy atom. The Hall–Kier alpha value is -0.690. The van der Waals surface area contributed by atoms with Crippen molar-refractivity contribution in [3.63, 3.8) is 0 Å². The summed E-state index contributed by atoms with van der Waals surface area (Å²) in [4.78, 5) is 0. The van der Waals surface area contributed by atoms with E-state index in [2.05, 4.69) is 6.07 Å². The van der Waals surface area contributed by atoms with Crippen molar-refractivity contribution in [1.82, 2.24) is 0 Å². The molecular weight excluding hydrogens is 250 g/mol. The van der Waals surface area contributed by atoms with Gasteiger partial charge in [-0.05, 0) is 35.9 Å². The van der Waals surface area contributed by atoms with E-state index in [4.69, 9.17) is 34.8 Å². The molecule has 0 aromatic heterocycles. The van der Waals surface area contributed by atoms with E-state index in [1.54, 1.807) is 12.1 Å². The molecule has 0 aliphatic heterocycles. The quantitative estimate of drug-likeness (QED) is 0.665. The van der Waals surface area contributed by atoms with Crippen LogP contribution in [0.4, 0.5) is 0 Å². The van der Waals surface area contributed by atoms with Crippen LogP contribution in [0.15, 0.2) is 36.4 Å². The van der Waals surface area contributed by atoms with Crippen molar-refractivity contribution in [3.05, 3.63) is 57.5 Å². The van der Waals surface area contributed by atoms with Gasteiger partial charge in [0, 0.05) is 10.6 Å². The minimum absolute atomic E-state index is 0.495. The summed E-state index contributed by atoms with van der Waals surface area (Å²) in [6, 6.07) is 13.8. The first-order valence-corrected chi connectivity index (χ1v) is 5.43. The molecule has 0 amide bonds. The first kappa shape index (κ1) is 10.8. The van der Waals surface area contributed by atoms with Crippen LogP contribution in [0.25, 0.3) is 11.1 Å². The highest BCUT2D eigenvalue weighted by atomic mass is 35.5. The summed E-state index contributed by atoms with van der Waals surface area (Å²) < 4.78 is 0. The molecule has 2 rings (SSSR count). The zero-order chi connectivity index (χ0) is 10.8. The topological polar surface area (TPSA) is 0 Å². The molecule has 0 nitrogen and oxygen atoms in total. The fraction of sp³-hybridized carbons (Fsp3) is 0. The molecule has 0 aliphatic rings. The van der Waals surface area contributed by atoms with Crippen LogP contribution in [0.3, 0.4) is 0 Å². The number of benzene rings is 2. The molecule has 2 aromatic rings. The van der Waals surface area contributed by atoms with Crippen molar-refractivity contribution in [2.45, 2.75) is 0 Å². The SMILES string of the molecule is Clc1cccc(-c2c[c]cc(Cl)c2Cl)c1. The van der Waals surface area contributed by atoms with Crippen molar-refractivity contribution in [2.75, 3.05) is 0 Å². The maximum atomic E-state index is 6.09. The van der Waals surface area contributed by atoms with Crippen LogP contribution in [0.2, 0.25) is 15.1 Å². The van der Waals surface area contributed by atoms with E-state index < -0.39 is 0 Å². The Balaban J connectivity index is 2.59. The second-order valence-corrected chi connectivity index (χ2v) is 4.26. The lowest BCUT2D eigenvalue weighted by Crippen LogP contribution is -1.80. The average Bonchev–Trinajstić information content (AvgIpc) is 2.22. The Kier molecular flexibility index (Phi) is 3.20. The van der Waals surface area contributed by atoms with E-state index in [-0.39, 0.29) is 0 Å². The van der Waals surface area contributed by atoms with Crippen molar-refractivity contribution in [2.24, 2.45) is 0 Å². The first-order valence-electron chi connectivity index (χ1n) is 4.29. The monoisotopic (exact) mass is 255 g/mol. The normalized spacial score (nSPS) is 10.3. The Morgan fingerprint density at radius 2 is 1.80 bits per heavy atom. The predicted molar refractivity (Wildman–Crippen MR) is 65.7 cm³/mol. The number of halogens is 3. The molecule has 0 heterocycles. The summed E-state index contributed by atoms with van der Waals surface area (Å²) in [5, 5.41) is 1.69. The maximum absolute atomic E-state index is 6.09. The number of hydrogen-bond donors (Lipinski definition) is 0. The van der Waals surface area contributed by atoms with Gasteiger partial charge in [0.25, 0.3) is 0 Å². The van der Waals surface area contributed by atoms with Crippen LogP contribution in [-0.4, -0.2) is 0 Å². The summed E-state index contributed by atoms with van der Waals surface area (Å²) in [6.07, 6.45) is 0.